The lowest BCUT2D eigenvalue weighted by molar-refractivity contribution is 0.547. The van der Waals surface area contributed by atoms with Gasteiger partial charge in [0.25, 0.3) is 0 Å². The van der Waals surface area contributed by atoms with Crippen LogP contribution in [0.4, 0.5) is 0 Å². The lowest BCUT2D eigenvalue weighted by Gasteiger charge is -2.12. The van der Waals surface area contributed by atoms with E-state index in [2.05, 4.69) is 41.1 Å². The molecule has 0 saturated heterocycles. The van der Waals surface area contributed by atoms with Gasteiger partial charge < -0.3 is 0 Å². The predicted molar refractivity (Wildman–Crippen MR) is 98.0 cm³/mol. The number of benzene rings is 1. The Morgan fingerprint density at radius 2 is 1.92 bits per heavy atom. The Bertz CT molecular complexity index is 833. The zero-order valence-electron chi connectivity index (χ0n) is 14.2. The van der Waals surface area contributed by atoms with Crippen LogP contribution in [0.15, 0.2) is 35.5 Å². The summed E-state index contributed by atoms with van der Waals surface area (Å²) in [5, 5.41) is 13.2. The normalized spacial score (nSPS) is 11.9. The number of nitrogens with zero attached hydrogens (tertiary/aromatic N) is 4. The van der Waals surface area contributed by atoms with Gasteiger partial charge in [0, 0.05) is 16.7 Å². The largest absolute Gasteiger partial charge is 0.262 e. The molecule has 2 heterocycles. The van der Waals surface area contributed by atoms with Crippen molar-refractivity contribution < 1.29 is 0 Å². The highest BCUT2D eigenvalue weighted by Crippen LogP contribution is 2.30. The van der Waals surface area contributed by atoms with Gasteiger partial charge in [0.1, 0.15) is 11.0 Å². The van der Waals surface area contributed by atoms with E-state index in [1.807, 2.05) is 37.3 Å². The molecule has 0 radical (unpaired) electrons. The standard InChI is InChI=1S/C17H20ClN5S/c1-11-13(10-24-16-19-15(20-21-16)17(2,3)4)14(18)23(22-11)12-8-6-5-7-9-12/h5-9H,10H2,1-4H3,(H,19,20,21). The molecule has 5 nitrogen and oxygen atoms in total. The van der Waals surface area contributed by atoms with Crippen molar-refractivity contribution in [1.82, 2.24) is 25.0 Å². The lowest BCUT2D eigenvalue weighted by atomic mass is 9.96. The van der Waals surface area contributed by atoms with Crippen LogP contribution < -0.4 is 0 Å². The van der Waals surface area contributed by atoms with Gasteiger partial charge in [-0.15, -0.1) is 5.10 Å². The fourth-order valence-corrected chi connectivity index (χ4v) is 3.52. The Morgan fingerprint density at radius 1 is 1.21 bits per heavy atom. The van der Waals surface area contributed by atoms with Gasteiger partial charge in [-0.25, -0.2) is 9.67 Å². The second kappa shape index (κ2) is 6.61. The summed E-state index contributed by atoms with van der Waals surface area (Å²) in [5.41, 5.74) is 2.84. The summed E-state index contributed by atoms with van der Waals surface area (Å²) in [7, 11) is 0. The summed E-state index contributed by atoms with van der Waals surface area (Å²) >= 11 is 8.10. The maximum atomic E-state index is 6.55. The number of rotatable bonds is 4. The van der Waals surface area contributed by atoms with E-state index in [0.717, 1.165) is 27.9 Å². The summed E-state index contributed by atoms with van der Waals surface area (Å²) < 4.78 is 1.77. The van der Waals surface area contributed by atoms with Gasteiger partial charge >= 0.3 is 0 Å². The van der Waals surface area contributed by atoms with Crippen molar-refractivity contribution in [1.29, 1.82) is 0 Å². The molecule has 1 N–H and O–H groups in total. The molecule has 0 aliphatic carbocycles. The second-order valence-corrected chi connectivity index (χ2v) is 7.91. The number of aromatic nitrogens is 5. The quantitative estimate of drug-likeness (QED) is 0.693. The number of aromatic amines is 1. The molecule has 0 fully saturated rings. The number of aryl methyl sites for hydroxylation is 1. The first-order valence-electron chi connectivity index (χ1n) is 7.71. The number of H-pyrrole nitrogens is 1. The molecule has 0 spiro atoms. The molecule has 0 aliphatic heterocycles. The molecular weight excluding hydrogens is 342 g/mol. The fraction of sp³-hybridized carbons (Fsp3) is 0.353. The summed E-state index contributed by atoms with van der Waals surface area (Å²) in [6.07, 6.45) is 0. The molecule has 0 atom stereocenters. The smallest absolute Gasteiger partial charge is 0.208 e. The minimum Gasteiger partial charge on any atom is -0.262 e. The third-order valence-electron chi connectivity index (χ3n) is 3.64. The summed E-state index contributed by atoms with van der Waals surface area (Å²) in [5.74, 6) is 1.56. The lowest BCUT2D eigenvalue weighted by Crippen LogP contribution is -2.13. The Labute approximate surface area is 150 Å². The van der Waals surface area contributed by atoms with Crippen LogP contribution in [-0.2, 0) is 11.2 Å². The molecule has 1 aromatic carbocycles. The molecule has 126 valence electrons. The molecule has 3 aromatic rings. The molecule has 2 aromatic heterocycles. The van der Waals surface area contributed by atoms with Gasteiger partial charge in [-0.1, -0.05) is 62.3 Å². The highest BCUT2D eigenvalue weighted by Gasteiger charge is 2.20. The molecule has 7 heteroatoms. The van der Waals surface area contributed by atoms with Crippen LogP contribution in [0.2, 0.25) is 5.15 Å². The van der Waals surface area contributed by atoms with E-state index in [4.69, 9.17) is 11.6 Å². The molecule has 0 bridgehead atoms. The highest BCUT2D eigenvalue weighted by atomic mass is 35.5. The number of thioether (sulfide) groups is 1. The van der Waals surface area contributed by atoms with Crippen LogP contribution in [0.5, 0.6) is 0 Å². The van der Waals surface area contributed by atoms with E-state index in [9.17, 15) is 0 Å². The van der Waals surface area contributed by atoms with Crippen LogP contribution in [0, 0.1) is 6.92 Å². The van der Waals surface area contributed by atoms with Gasteiger partial charge in [-0.2, -0.15) is 5.10 Å². The van der Waals surface area contributed by atoms with E-state index in [1.54, 1.807) is 16.4 Å². The molecule has 0 saturated carbocycles. The summed E-state index contributed by atoms with van der Waals surface area (Å²) in [4.78, 5) is 4.55. The van der Waals surface area contributed by atoms with Gasteiger partial charge in [-0.3, -0.25) is 5.10 Å². The number of hydrogen-bond acceptors (Lipinski definition) is 4. The number of halogens is 1. The molecule has 24 heavy (non-hydrogen) atoms. The van der Waals surface area contributed by atoms with E-state index in [-0.39, 0.29) is 5.41 Å². The molecular formula is C17H20ClN5S. The molecule has 3 rings (SSSR count). The Morgan fingerprint density at radius 3 is 2.54 bits per heavy atom. The van der Waals surface area contributed by atoms with Crippen molar-refractivity contribution in [2.45, 2.75) is 44.0 Å². The number of hydrogen-bond donors (Lipinski definition) is 1. The van der Waals surface area contributed by atoms with Crippen molar-refractivity contribution >= 4 is 23.4 Å². The van der Waals surface area contributed by atoms with Crippen molar-refractivity contribution in [2.24, 2.45) is 0 Å². The first-order chi connectivity index (χ1) is 11.4. The SMILES string of the molecule is Cc1nn(-c2ccccc2)c(Cl)c1CSc1n[nH]c(C(C)(C)C)n1. The number of para-hydroxylation sites is 1. The molecule has 0 aliphatic rings. The van der Waals surface area contributed by atoms with E-state index >= 15 is 0 Å². The maximum absolute atomic E-state index is 6.55. The maximum Gasteiger partial charge on any atom is 0.208 e. The van der Waals surface area contributed by atoms with Gasteiger partial charge in [0.2, 0.25) is 5.16 Å². The molecule has 0 amide bonds. The minimum atomic E-state index is -0.0441. The predicted octanol–water partition coefficient (Wildman–Crippen LogP) is 4.54. The summed E-state index contributed by atoms with van der Waals surface area (Å²) in [6, 6.07) is 9.89. The van der Waals surface area contributed by atoms with Crippen LogP contribution in [0.25, 0.3) is 5.69 Å². The number of nitrogens with one attached hydrogen (secondary N) is 1. The van der Waals surface area contributed by atoms with Crippen LogP contribution in [0.3, 0.4) is 0 Å². The third-order valence-corrected chi connectivity index (χ3v) is 4.91. The van der Waals surface area contributed by atoms with Crippen LogP contribution in [-0.4, -0.2) is 25.0 Å². The van der Waals surface area contributed by atoms with Crippen LogP contribution in [0.1, 0.15) is 37.9 Å². The Hall–Kier alpha value is -1.79. The average molecular weight is 362 g/mol. The Balaban J connectivity index is 1.79. The van der Waals surface area contributed by atoms with E-state index in [0.29, 0.717) is 10.9 Å². The first kappa shape index (κ1) is 17.0. The second-order valence-electron chi connectivity index (χ2n) is 6.61. The van der Waals surface area contributed by atoms with Crippen molar-refractivity contribution in [3.05, 3.63) is 52.6 Å². The Kier molecular flexibility index (Phi) is 4.69. The highest BCUT2D eigenvalue weighted by molar-refractivity contribution is 7.98. The topological polar surface area (TPSA) is 59.4 Å². The van der Waals surface area contributed by atoms with Gasteiger partial charge in [-0.05, 0) is 19.1 Å². The zero-order chi connectivity index (χ0) is 17.3. The zero-order valence-corrected chi connectivity index (χ0v) is 15.7. The van der Waals surface area contributed by atoms with E-state index < -0.39 is 0 Å². The van der Waals surface area contributed by atoms with Crippen molar-refractivity contribution in [3.63, 3.8) is 0 Å². The molecule has 0 unspecified atom stereocenters. The average Bonchev–Trinajstić information content (AvgIpc) is 3.12. The van der Waals surface area contributed by atoms with Crippen molar-refractivity contribution in [2.75, 3.05) is 0 Å². The minimum absolute atomic E-state index is 0.0441. The monoisotopic (exact) mass is 361 g/mol. The van der Waals surface area contributed by atoms with Crippen molar-refractivity contribution in [3.8, 4) is 5.69 Å². The van der Waals surface area contributed by atoms with Gasteiger partial charge in [0.05, 0.1) is 11.4 Å². The fourth-order valence-electron chi connectivity index (χ4n) is 2.22. The summed E-state index contributed by atoms with van der Waals surface area (Å²) in [6.45, 7) is 8.28. The first-order valence-corrected chi connectivity index (χ1v) is 9.07. The van der Waals surface area contributed by atoms with Gasteiger partial charge in [0.15, 0.2) is 0 Å². The van der Waals surface area contributed by atoms with E-state index in [1.165, 1.54) is 0 Å². The van der Waals surface area contributed by atoms with Crippen LogP contribution >= 0.6 is 23.4 Å². The third kappa shape index (κ3) is 3.49.